The summed E-state index contributed by atoms with van der Waals surface area (Å²) in [7, 11) is 1.89. The minimum atomic E-state index is 0.311. The van der Waals surface area contributed by atoms with Crippen molar-refractivity contribution in [3.63, 3.8) is 0 Å². The van der Waals surface area contributed by atoms with E-state index < -0.39 is 0 Å². The van der Waals surface area contributed by atoms with Gasteiger partial charge in [0.1, 0.15) is 5.15 Å². The summed E-state index contributed by atoms with van der Waals surface area (Å²) in [5.74, 6) is 0. The van der Waals surface area contributed by atoms with Crippen LogP contribution in [0.5, 0.6) is 0 Å². The fraction of sp³-hybridized carbons (Fsp3) is 0.533. The van der Waals surface area contributed by atoms with Crippen LogP contribution in [0.1, 0.15) is 40.9 Å². The van der Waals surface area contributed by atoms with Crippen molar-refractivity contribution in [2.45, 2.75) is 39.7 Å². The molecule has 0 aliphatic rings. The molecule has 2 rings (SSSR count). The van der Waals surface area contributed by atoms with Crippen molar-refractivity contribution in [2.24, 2.45) is 7.05 Å². The molecule has 1 unspecified atom stereocenters. The topological polar surface area (TPSA) is 29.9 Å². The van der Waals surface area contributed by atoms with E-state index >= 15 is 0 Å². The molecule has 1 N–H and O–H groups in total. The molecular formula is C15H22ClN3S. The monoisotopic (exact) mass is 311 g/mol. The Morgan fingerprint density at radius 1 is 1.40 bits per heavy atom. The van der Waals surface area contributed by atoms with Crippen molar-refractivity contribution >= 4 is 22.9 Å². The number of nitrogens with zero attached hydrogens (tertiary/aromatic N) is 2. The maximum Gasteiger partial charge on any atom is 0.130 e. The molecule has 0 aliphatic carbocycles. The van der Waals surface area contributed by atoms with E-state index in [1.165, 1.54) is 9.75 Å². The third kappa shape index (κ3) is 3.25. The Morgan fingerprint density at radius 2 is 2.15 bits per heavy atom. The Balaban J connectivity index is 2.25. The first-order chi connectivity index (χ1) is 9.56. The second kappa shape index (κ2) is 6.74. The lowest BCUT2D eigenvalue weighted by Gasteiger charge is -2.16. The van der Waals surface area contributed by atoms with E-state index in [9.17, 15) is 0 Å². The fourth-order valence-corrected chi connectivity index (χ4v) is 3.68. The summed E-state index contributed by atoms with van der Waals surface area (Å²) in [5.41, 5.74) is 2.17. The predicted molar refractivity (Wildman–Crippen MR) is 86.8 cm³/mol. The standard InChI is InChI=1S/C15H22ClN3S/c1-5-11-7-8-14(20-11)13(17-6-2)9-12-10(3)18-19(4)15(12)16/h7-8,13,17H,5-6,9H2,1-4H3. The second-order valence-electron chi connectivity index (χ2n) is 4.95. The average molecular weight is 312 g/mol. The van der Waals surface area contributed by atoms with E-state index in [0.717, 1.165) is 35.8 Å². The molecule has 20 heavy (non-hydrogen) atoms. The third-order valence-electron chi connectivity index (χ3n) is 3.50. The van der Waals surface area contributed by atoms with Crippen molar-refractivity contribution in [3.8, 4) is 0 Å². The largest absolute Gasteiger partial charge is 0.309 e. The predicted octanol–water partition coefficient (Wildman–Crippen LogP) is 3.90. The Kier molecular flexibility index (Phi) is 5.24. The summed E-state index contributed by atoms with van der Waals surface area (Å²) >= 11 is 8.24. The molecule has 0 aromatic carbocycles. The van der Waals surface area contributed by atoms with E-state index in [1.807, 2.05) is 25.3 Å². The maximum atomic E-state index is 6.35. The van der Waals surface area contributed by atoms with Crippen molar-refractivity contribution in [1.29, 1.82) is 0 Å². The van der Waals surface area contributed by atoms with Gasteiger partial charge in [0.25, 0.3) is 0 Å². The minimum Gasteiger partial charge on any atom is -0.309 e. The summed E-state index contributed by atoms with van der Waals surface area (Å²) < 4.78 is 1.75. The molecule has 0 aliphatic heterocycles. The summed E-state index contributed by atoms with van der Waals surface area (Å²) in [6, 6.07) is 4.77. The highest BCUT2D eigenvalue weighted by molar-refractivity contribution is 7.12. The van der Waals surface area contributed by atoms with Gasteiger partial charge in [0.2, 0.25) is 0 Å². The van der Waals surface area contributed by atoms with Crippen molar-refractivity contribution < 1.29 is 0 Å². The van der Waals surface area contributed by atoms with Crippen LogP contribution < -0.4 is 5.32 Å². The highest BCUT2D eigenvalue weighted by atomic mass is 35.5. The number of likely N-dealkylation sites (N-methyl/N-ethyl adjacent to an activating group) is 1. The van der Waals surface area contributed by atoms with Crippen LogP contribution in [0.25, 0.3) is 0 Å². The lowest BCUT2D eigenvalue weighted by Crippen LogP contribution is -2.22. The zero-order valence-electron chi connectivity index (χ0n) is 12.5. The zero-order valence-corrected chi connectivity index (χ0v) is 14.1. The third-order valence-corrected chi connectivity index (χ3v) is 5.32. The first kappa shape index (κ1) is 15.5. The van der Waals surface area contributed by atoms with Crippen LogP contribution in [0, 0.1) is 6.92 Å². The molecule has 0 saturated heterocycles. The Labute approximate surface area is 130 Å². The van der Waals surface area contributed by atoms with Gasteiger partial charge in [0.05, 0.1) is 5.69 Å². The average Bonchev–Trinajstić information content (AvgIpc) is 2.98. The van der Waals surface area contributed by atoms with E-state index in [1.54, 1.807) is 4.68 Å². The van der Waals surface area contributed by atoms with E-state index in [0.29, 0.717) is 6.04 Å². The van der Waals surface area contributed by atoms with Gasteiger partial charge in [-0.3, -0.25) is 4.68 Å². The molecular weight excluding hydrogens is 290 g/mol. The molecule has 0 fully saturated rings. The van der Waals surface area contributed by atoms with Gasteiger partial charge in [-0.1, -0.05) is 25.4 Å². The molecule has 2 aromatic rings. The van der Waals surface area contributed by atoms with Gasteiger partial charge >= 0.3 is 0 Å². The van der Waals surface area contributed by atoms with E-state index in [4.69, 9.17) is 11.6 Å². The molecule has 2 heterocycles. The fourth-order valence-electron chi connectivity index (χ4n) is 2.40. The number of aryl methyl sites for hydroxylation is 3. The minimum absolute atomic E-state index is 0.311. The van der Waals surface area contributed by atoms with Crippen LogP contribution in [0.2, 0.25) is 5.15 Å². The molecule has 5 heteroatoms. The summed E-state index contributed by atoms with van der Waals surface area (Å²) in [6.07, 6.45) is 1.98. The van der Waals surface area contributed by atoms with E-state index in [-0.39, 0.29) is 0 Å². The van der Waals surface area contributed by atoms with Gasteiger partial charge in [-0.2, -0.15) is 5.10 Å². The molecule has 2 aromatic heterocycles. The normalized spacial score (nSPS) is 12.8. The van der Waals surface area contributed by atoms with Gasteiger partial charge in [-0.25, -0.2) is 0 Å². The first-order valence-electron chi connectivity index (χ1n) is 7.06. The van der Waals surface area contributed by atoms with Crippen molar-refractivity contribution in [3.05, 3.63) is 38.3 Å². The lowest BCUT2D eigenvalue weighted by atomic mass is 10.1. The molecule has 3 nitrogen and oxygen atoms in total. The Morgan fingerprint density at radius 3 is 2.65 bits per heavy atom. The van der Waals surface area contributed by atoms with Crippen LogP contribution >= 0.6 is 22.9 Å². The number of halogens is 1. The Bertz CT molecular complexity index is 574. The van der Waals surface area contributed by atoms with Gasteiger partial charge in [-0.15, -0.1) is 11.3 Å². The number of hydrogen-bond donors (Lipinski definition) is 1. The Hall–Kier alpha value is -0.840. The van der Waals surface area contributed by atoms with Crippen LogP contribution in [0.4, 0.5) is 0 Å². The number of rotatable bonds is 6. The quantitative estimate of drug-likeness (QED) is 0.877. The number of aromatic nitrogens is 2. The van der Waals surface area contributed by atoms with Gasteiger partial charge < -0.3 is 5.32 Å². The van der Waals surface area contributed by atoms with Gasteiger partial charge in [0.15, 0.2) is 0 Å². The maximum absolute atomic E-state index is 6.35. The van der Waals surface area contributed by atoms with Gasteiger partial charge in [-0.05, 0) is 38.4 Å². The molecule has 0 saturated carbocycles. The zero-order chi connectivity index (χ0) is 14.7. The second-order valence-corrected chi connectivity index (χ2v) is 6.51. The SMILES string of the molecule is CCNC(Cc1c(C)nn(C)c1Cl)c1ccc(CC)s1. The summed E-state index contributed by atoms with van der Waals surface area (Å²) in [4.78, 5) is 2.81. The highest BCUT2D eigenvalue weighted by Gasteiger charge is 2.19. The first-order valence-corrected chi connectivity index (χ1v) is 8.26. The van der Waals surface area contributed by atoms with Gasteiger partial charge in [0, 0.05) is 28.4 Å². The van der Waals surface area contributed by atoms with Crippen LogP contribution in [-0.2, 0) is 19.9 Å². The van der Waals surface area contributed by atoms with E-state index in [2.05, 4.69) is 36.4 Å². The number of nitrogens with one attached hydrogen (secondary N) is 1. The molecule has 1 atom stereocenters. The van der Waals surface area contributed by atoms with Crippen molar-refractivity contribution in [1.82, 2.24) is 15.1 Å². The molecule has 0 amide bonds. The molecule has 0 spiro atoms. The molecule has 0 radical (unpaired) electrons. The summed E-state index contributed by atoms with van der Waals surface area (Å²) in [6.45, 7) is 7.30. The van der Waals surface area contributed by atoms with Crippen LogP contribution in [0.15, 0.2) is 12.1 Å². The van der Waals surface area contributed by atoms with Crippen LogP contribution in [-0.4, -0.2) is 16.3 Å². The smallest absolute Gasteiger partial charge is 0.130 e. The molecule has 110 valence electrons. The highest BCUT2D eigenvalue weighted by Crippen LogP contribution is 2.29. The number of thiophene rings is 1. The summed E-state index contributed by atoms with van der Waals surface area (Å²) in [5, 5.41) is 8.71. The van der Waals surface area contributed by atoms with Crippen LogP contribution in [0.3, 0.4) is 0 Å². The number of hydrogen-bond acceptors (Lipinski definition) is 3. The molecule has 0 bridgehead atoms. The van der Waals surface area contributed by atoms with Crippen molar-refractivity contribution in [2.75, 3.05) is 6.54 Å². The lowest BCUT2D eigenvalue weighted by molar-refractivity contribution is 0.557.